The maximum atomic E-state index is 11.0. The first kappa shape index (κ1) is 13.3. The van der Waals surface area contributed by atoms with Gasteiger partial charge in [0, 0.05) is 10.9 Å². The molecule has 1 fully saturated rings. The highest BCUT2D eigenvalue weighted by Crippen LogP contribution is 2.34. The van der Waals surface area contributed by atoms with Crippen LogP contribution in [0.15, 0.2) is 6.33 Å². The molecular formula is C14H17N3O2S. The number of hydrogen-bond donors (Lipinski definition) is 2. The lowest BCUT2D eigenvalue weighted by Crippen LogP contribution is -2.18. The normalized spacial score (nSPS) is 22.3. The first-order valence-electron chi connectivity index (χ1n) is 6.76. The zero-order chi connectivity index (χ0) is 14.3. The Morgan fingerprint density at radius 1 is 1.40 bits per heavy atom. The minimum absolute atomic E-state index is 0.189. The summed E-state index contributed by atoms with van der Waals surface area (Å²) in [6.07, 6.45) is 3.86. The van der Waals surface area contributed by atoms with E-state index in [-0.39, 0.29) is 12.0 Å². The zero-order valence-electron chi connectivity index (χ0n) is 11.5. The molecule has 2 N–H and O–H groups in total. The summed E-state index contributed by atoms with van der Waals surface area (Å²) in [7, 11) is 0. The number of carboxylic acid groups (broad SMARTS) is 1. The van der Waals surface area contributed by atoms with Crippen molar-refractivity contribution in [3.63, 3.8) is 0 Å². The van der Waals surface area contributed by atoms with Crippen molar-refractivity contribution in [2.75, 3.05) is 5.32 Å². The van der Waals surface area contributed by atoms with Crippen molar-refractivity contribution >= 4 is 33.3 Å². The fourth-order valence-corrected chi connectivity index (χ4v) is 3.82. The molecule has 6 heteroatoms. The number of fused-ring (bicyclic) bond motifs is 1. The van der Waals surface area contributed by atoms with Crippen LogP contribution in [0.3, 0.4) is 0 Å². The second-order valence-electron chi connectivity index (χ2n) is 5.38. The molecule has 5 nitrogen and oxygen atoms in total. The molecule has 0 bridgehead atoms. The molecule has 0 spiro atoms. The third-order valence-electron chi connectivity index (χ3n) is 4.09. The van der Waals surface area contributed by atoms with Gasteiger partial charge in [0.05, 0.1) is 11.3 Å². The Hall–Kier alpha value is -1.69. The Balaban J connectivity index is 1.87. The molecule has 1 aliphatic rings. The van der Waals surface area contributed by atoms with Gasteiger partial charge in [-0.15, -0.1) is 11.3 Å². The number of thiophene rings is 1. The van der Waals surface area contributed by atoms with Crippen molar-refractivity contribution < 1.29 is 9.90 Å². The molecule has 0 radical (unpaired) electrons. The molecule has 2 aromatic rings. The second-order valence-corrected chi connectivity index (χ2v) is 6.58. The van der Waals surface area contributed by atoms with Crippen LogP contribution in [0.5, 0.6) is 0 Å². The number of aliphatic carboxylic acids is 1. The fraction of sp³-hybridized carbons (Fsp3) is 0.500. The van der Waals surface area contributed by atoms with Crippen molar-refractivity contribution in [3.05, 3.63) is 16.8 Å². The first-order chi connectivity index (χ1) is 9.56. The number of carboxylic acids is 1. The average Bonchev–Trinajstić information content (AvgIpc) is 2.97. The monoisotopic (exact) mass is 291 g/mol. The van der Waals surface area contributed by atoms with Gasteiger partial charge < -0.3 is 10.4 Å². The van der Waals surface area contributed by atoms with Crippen LogP contribution in [0.4, 0.5) is 5.82 Å². The van der Waals surface area contributed by atoms with Crippen molar-refractivity contribution in [2.45, 2.75) is 39.2 Å². The van der Waals surface area contributed by atoms with E-state index in [9.17, 15) is 4.79 Å². The Kier molecular flexibility index (Phi) is 3.33. The van der Waals surface area contributed by atoms with E-state index >= 15 is 0 Å². The van der Waals surface area contributed by atoms with Crippen LogP contribution in [0, 0.1) is 19.8 Å². The van der Waals surface area contributed by atoms with E-state index in [1.54, 1.807) is 17.7 Å². The highest BCUT2D eigenvalue weighted by molar-refractivity contribution is 7.18. The predicted octanol–water partition coefficient (Wildman–Crippen LogP) is 2.97. The topological polar surface area (TPSA) is 75.1 Å². The Morgan fingerprint density at radius 2 is 2.20 bits per heavy atom. The van der Waals surface area contributed by atoms with Crippen molar-refractivity contribution in [3.8, 4) is 0 Å². The smallest absolute Gasteiger partial charge is 0.306 e. The van der Waals surface area contributed by atoms with Gasteiger partial charge in [-0.3, -0.25) is 4.79 Å². The molecule has 0 aliphatic heterocycles. The summed E-state index contributed by atoms with van der Waals surface area (Å²) in [6.45, 7) is 4.17. The predicted molar refractivity (Wildman–Crippen MR) is 79.3 cm³/mol. The SMILES string of the molecule is Cc1sc2ncnc(NC3CCC(C(=O)O)C3)c2c1C. The van der Waals surface area contributed by atoms with E-state index in [1.807, 2.05) is 0 Å². The molecule has 2 atom stereocenters. The van der Waals surface area contributed by atoms with Crippen LogP contribution in [0.2, 0.25) is 0 Å². The van der Waals surface area contributed by atoms with Crippen molar-refractivity contribution in [1.82, 2.24) is 9.97 Å². The highest BCUT2D eigenvalue weighted by Gasteiger charge is 2.30. The molecule has 106 valence electrons. The third-order valence-corrected chi connectivity index (χ3v) is 5.20. The number of anilines is 1. The number of rotatable bonds is 3. The standard InChI is InChI=1S/C14H17N3O2S/c1-7-8(2)20-13-11(7)12(15-6-16-13)17-10-4-3-9(5-10)14(18)19/h6,9-10H,3-5H2,1-2H3,(H,18,19)(H,15,16,17). The van der Waals surface area contributed by atoms with Gasteiger partial charge in [0.15, 0.2) is 0 Å². The lowest BCUT2D eigenvalue weighted by molar-refractivity contribution is -0.141. The number of hydrogen-bond acceptors (Lipinski definition) is 5. The van der Waals surface area contributed by atoms with E-state index < -0.39 is 5.97 Å². The van der Waals surface area contributed by atoms with E-state index in [0.29, 0.717) is 6.42 Å². The largest absolute Gasteiger partial charge is 0.481 e. The maximum absolute atomic E-state index is 11.0. The van der Waals surface area contributed by atoms with Gasteiger partial charge in [-0.05, 0) is 38.7 Å². The Labute approximate surface area is 121 Å². The second kappa shape index (κ2) is 5.01. The summed E-state index contributed by atoms with van der Waals surface area (Å²) in [4.78, 5) is 21.9. The average molecular weight is 291 g/mol. The minimum Gasteiger partial charge on any atom is -0.481 e. The quantitative estimate of drug-likeness (QED) is 0.909. The molecule has 0 saturated heterocycles. The van der Waals surface area contributed by atoms with Gasteiger partial charge in [0.1, 0.15) is 17.0 Å². The molecule has 3 rings (SSSR count). The van der Waals surface area contributed by atoms with Gasteiger partial charge in [0.2, 0.25) is 0 Å². The first-order valence-corrected chi connectivity index (χ1v) is 7.58. The zero-order valence-corrected chi connectivity index (χ0v) is 12.3. The number of nitrogens with zero attached hydrogens (tertiary/aromatic N) is 2. The lowest BCUT2D eigenvalue weighted by atomic mass is 10.1. The van der Waals surface area contributed by atoms with Crippen LogP contribution in [0.1, 0.15) is 29.7 Å². The molecule has 2 heterocycles. The summed E-state index contributed by atoms with van der Waals surface area (Å²) in [5, 5.41) is 13.6. The molecular weight excluding hydrogens is 274 g/mol. The summed E-state index contributed by atoms with van der Waals surface area (Å²) < 4.78 is 0. The van der Waals surface area contributed by atoms with Crippen molar-refractivity contribution in [1.29, 1.82) is 0 Å². The molecule has 20 heavy (non-hydrogen) atoms. The highest BCUT2D eigenvalue weighted by atomic mass is 32.1. The van der Waals surface area contributed by atoms with E-state index in [2.05, 4.69) is 29.1 Å². The van der Waals surface area contributed by atoms with E-state index in [1.165, 1.54) is 10.4 Å². The number of carbonyl (C=O) groups is 1. The number of aryl methyl sites for hydroxylation is 2. The molecule has 1 saturated carbocycles. The van der Waals surface area contributed by atoms with Gasteiger partial charge in [0.25, 0.3) is 0 Å². The fourth-order valence-electron chi connectivity index (χ4n) is 2.82. The van der Waals surface area contributed by atoms with E-state index in [4.69, 9.17) is 5.11 Å². The van der Waals surface area contributed by atoms with Gasteiger partial charge >= 0.3 is 5.97 Å². The number of nitrogens with one attached hydrogen (secondary N) is 1. The Morgan fingerprint density at radius 3 is 2.90 bits per heavy atom. The summed E-state index contributed by atoms with van der Waals surface area (Å²) in [6, 6.07) is 0.189. The van der Waals surface area contributed by atoms with Crippen LogP contribution >= 0.6 is 11.3 Å². The van der Waals surface area contributed by atoms with Gasteiger partial charge in [-0.2, -0.15) is 0 Å². The van der Waals surface area contributed by atoms with Gasteiger partial charge in [-0.25, -0.2) is 9.97 Å². The maximum Gasteiger partial charge on any atom is 0.306 e. The molecule has 2 unspecified atom stereocenters. The van der Waals surface area contributed by atoms with Crippen LogP contribution < -0.4 is 5.32 Å². The Bertz CT molecular complexity index is 668. The number of aromatic nitrogens is 2. The minimum atomic E-state index is -0.690. The molecule has 0 aromatic carbocycles. The van der Waals surface area contributed by atoms with Gasteiger partial charge in [-0.1, -0.05) is 0 Å². The lowest BCUT2D eigenvalue weighted by Gasteiger charge is -2.14. The van der Waals surface area contributed by atoms with Crippen LogP contribution in [-0.2, 0) is 4.79 Å². The van der Waals surface area contributed by atoms with Crippen molar-refractivity contribution in [2.24, 2.45) is 5.92 Å². The van der Waals surface area contributed by atoms with E-state index in [0.717, 1.165) is 28.9 Å². The van der Waals surface area contributed by atoms with Crippen LogP contribution in [-0.4, -0.2) is 27.1 Å². The molecule has 1 aliphatic carbocycles. The molecule has 2 aromatic heterocycles. The van der Waals surface area contributed by atoms with Crippen LogP contribution in [0.25, 0.3) is 10.2 Å². The molecule has 0 amide bonds. The third kappa shape index (κ3) is 2.24. The summed E-state index contributed by atoms with van der Waals surface area (Å²) >= 11 is 1.67. The summed E-state index contributed by atoms with van der Waals surface area (Å²) in [5.41, 5.74) is 1.21. The summed E-state index contributed by atoms with van der Waals surface area (Å²) in [5.74, 6) is -0.0762.